The van der Waals surface area contributed by atoms with Gasteiger partial charge in [-0.25, -0.2) is 0 Å². The van der Waals surface area contributed by atoms with Crippen molar-refractivity contribution in [2.24, 2.45) is 5.41 Å². The Kier molecular flexibility index (Phi) is 4.67. The predicted octanol–water partition coefficient (Wildman–Crippen LogP) is 2.27. The number of likely N-dealkylation sites (tertiary alicyclic amines) is 1. The molecule has 0 radical (unpaired) electrons. The molecular weight excluding hydrogens is 319 g/mol. The fraction of sp³-hybridized carbons (Fsp3) is 0.692. The van der Waals surface area contributed by atoms with Crippen LogP contribution in [0.1, 0.15) is 28.9 Å². The number of aliphatic hydroxyl groups is 1. The van der Waals surface area contributed by atoms with Gasteiger partial charge in [0.05, 0.1) is 23.3 Å². The van der Waals surface area contributed by atoms with Gasteiger partial charge >= 0.3 is 6.18 Å². The summed E-state index contributed by atoms with van der Waals surface area (Å²) >= 11 is 1.15. The number of halogens is 3. The van der Waals surface area contributed by atoms with E-state index in [0.717, 1.165) is 11.5 Å². The standard InChI is InChI=1S/C13H18F3N3O2S/c1-8-9(10(17-2)22-18-8)11(21)19-5-3-12(7-20,4-6-19)13(14,15)16/h17,20H,3-7H2,1-2H3. The lowest BCUT2D eigenvalue weighted by Crippen LogP contribution is -2.51. The third-order valence-corrected chi connectivity index (χ3v) is 5.17. The second-order valence-corrected chi connectivity index (χ2v) is 6.22. The number of amides is 1. The number of aliphatic hydroxyl groups excluding tert-OH is 1. The molecule has 2 rings (SSSR count). The highest BCUT2D eigenvalue weighted by Crippen LogP contribution is 2.46. The van der Waals surface area contributed by atoms with Crippen LogP contribution in [0.2, 0.25) is 0 Å². The molecule has 2 N–H and O–H groups in total. The normalized spacial score (nSPS) is 18.4. The average Bonchev–Trinajstić information content (AvgIpc) is 2.86. The molecular formula is C13H18F3N3O2S. The number of carbonyl (C=O) groups excluding carboxylic acids is 1. The average molecular weight is 337 g/mol. The topological polar surface area (TPSA) is 65.5 Å². The summed E-state index contributed by atoms with van der Waals surface area (Å²) in [7, 11) is 1.67. The van der Waals surface area contributed by atoms with Crippen molar-refractivity contribution in [3.05, 3.63) is 11.3 Å². The molecule has 0 atom stereocenters. The Morgan fingerprint density at radius 3 is 2.50 bits per heavy atom. The van der Waals surface area contributed by atoms with Crippen LogP contribution in [0.5, 0.6) is 0 Å². The number of hydrogen-bond acceptors (Lipinski definition) is 5. The maximum Gasteiger partial charge on any atom is 0.396 e. The molecule has 1 fully saturated rings. The molecule has 124 valence electrons. The van der Waals surface area contributed by atoms with Gasteiger partial charge in [0, 0.05) is 20.1 Å². The van der Waals surface area contributed by atoms with Crippen LogP contribution in [-0.2, 0) is 0 Å². The molecule has 0 unspecified atom stereocenters. The molecule has 5 nitrogen and oxygen atoms in total. The van der Waals surface area contributed by atoms with Crippen LogP contribution < -0.4 is 5.32 Å². The van der Waals surface area contributed by atoms with E-state index in [1.54, 1.807) is 14.0 Å². The van der Waals surface area contributed by atoms with Gasteiger partial charge in [0.25, 0.3) is 5.91 Å². The van der Waals surface area contributed by atoms with Gasteiger partial charge in [-0.1, -0.05) is 0 Å². The van der Waals surface area contributed by atoms with Crippen LogP contribution in [0.25, 0.3) is 0 Å². The molecule has 1 saturated heterocycles. The highest BCUT2D eigenvalue weighted by molar-refractivity contribution is 7.10. The first-order valence-electron chi connectivity index (χ1n) is 6.86. The lowest BCUT2D eigenvalue weighted by atomic mass is 9.78. The Morgan fingerprint density at radius 2 is 2.05 bits per heavy atom. The number of piperidine rings is 1. The maximum absolute atomic E-state index is 13.1. The summed E-state index contributed by atoms with van der Waals surface area (Å²) < 4.78 is 43.4. The molecule has 1 amide bonds. The van der Waals surface area contributed by atoms with Gasteiger partial charge < -0.3 is 15.3 Å². The van der Waals surface area contributed by atoms with Crippen molar-refractivity contribution in [2.45, 2.75) is 25.9 Å². The molecule has 0 aliphatic carbocycles. The quantitative estimate of drug-likeness (QED) is 0.888. The molecule has 0 bridgehead atoms. The minimum absolute atomic E-state index is 0.0304. The molecule has 1 aliphatic heterocycles. The zero-order valence-corrected chi connectivity index (χ0v) is 13.1. The van der Waals surface area contributed by atoms with Crippen LogP contribution in [0, 0.1) is 12.3 Å². The van der Waals surface area contributed by atoms with Gasteiger partial charge in [-0.15, -0.1) is 0 Å². The van der Waals surface area contributed by atoms with E-state index in [4.69, 9.17) is 0 Å². The van der Waals surface area contributed by atoms with Gasteiger partial charge in [-0.3, -0.25) is 4.79 Å². The lowest BCUT2D eigenvalue weighted by Gasteiger charge is -2.41. The molecule has 1 aliphatic rings. The van der Waals surface area contributed by atoms with E-state index in [1.807, 2.05) is 0 Å². The first-order chi connectivity index (χ1) is 10.3. The van der Waals surface area contributed by atoms with Crippen molar-refractivity contribution in [1.82, 2.24) is 9.27 Å². The van der Waals surface area contributed by atoms with E-state index in [0.29, 0.717) is 16.3 Å². The highest BCUT2D eigenvalue weighted by atomic mass is 32.1. The smallest absolute Gasteiger partial charge is 0.395 e. The van der Waals surface area contributed by atoms with Crippen molar-refractivity contribution < 1.29 is 23.1 Å². The first kappa shape index (κ1) is 17.0. The molecule has 2 heterocycles. The number of aromatic nitrogens is 1. The second-order valence-electron chi connectivity index (χ2n) is 5.45. The highest BCUT2D eigenvalue weighted by Gasteiger charge is 2.55. The summed E-state index contributed by atoms with van der Waals surface area (Å²) in [4.78, 5) is 13.9. The van der Waals surface area contributed by atoms with Crippen molar-refractivity contribution in [3.63, 3.8) is 0 Å². The van der Waals surface area contributed by atoms with Gasteiger partial charge in [0.1, 0.15) is 5.00 Å². The third-order valence-electron chi connectivity index (χ3n) is 4.22. The van der Waals surface area contributed by atoms with Crippen LogP contribution in [0.15, 0.2) is 0 Å². The monoisotopic (exact) mass is 337 g/mol. The van der Waals surface area contributed by atoms with Crippen molar-refractivity contribution >= 4 is 22.4 Å². The van der Waals surface area contributed by atoms with E-state index in [-0.39, 0.29) is 31.8 Å². The predicted molar refractivity (Wildman–Crippen MR) is 77.1 cm³/mol. The fourth-order valence-corrected chi connectivity index (χ4v) is 3.36. The number of nitrogens with one attached hydrogen (secondary N) is 1. The lowest BCUT2D eigenvalue weighted by molar-refractivity contribution is -0.247. The summed E-state index contributed by atoms with van der Waals surface area (Å²) in [6.07, 6.45) is -5.04. The number of hydrogen-bond donors (Lipinski definition) is 2. The van der Waals surface area contributed by atoms with Crippen LogP contribution >= 0.6 is 11.5 Å². The molecule has 0 aromatic carbocycles. The SMILES string of the molecule is CNc1snc(C)c1C(=O)N1CCC(CO)(C(F)(F)F)CC1. The Balaban J connectivity index is 2.15. The Bertz CT molecular complexity index is 551. The van der Waals surface area contributed by atoms with E-state index >= 15 is 0 Å². The van der Waals surface area contributed by atoms with Gasteiger partial charge in [-0.05, 0) is 31.3 Å². The van der Waals surface area contributed by atoms with Crippen molar-refractivity contribution in [3.8, 4) is 0 Å². The number of rotatable bonds is 3. The Hall–Kier alpha value is -1.35. The van der Waals surface area contributed by atoms with Crippen LogP contribution in [-0.4, -0.2) is 53.2 Å². The summed E-state index contributed by atoms with van der Waals surface area (Å²) in [6, 6.07) is 0. The van der Waals surface area contributed by atoms with E-state index in [2.05, 4.69) is 9.69 Å². The Labute approximate surface area is 130 Å². The molecule has 0 saturated carbocycles. The zero-order valence-electron chi connectivity index (χ0n) is 12.3. The molecule has 9 heteroatoms. The number of carbonyl (C=O) groups is 1. The van der Waals surface area contributed by atoms with Gasteiger partial charge in [-0.2, -0.15) is 17.5 Å². The fourth-order valence-electron chi connectivity index (χ4n) is 2.62. The summed E-state index contributed by atoms with van der Waals surface area (Å²) in [6.45, 7) is 0.691. The van der Waals surface area contributed by atoms with Gasteiger partial charge in [0.15, 0.2) is 0 Å². The number of anilines is 1. The van der Waals surface area contributed by atoms with E-state index < -0.39 is 18.2 Å². The number of aryl methyl sites for hydroxylation is 1. The minimum atomic E-state index is -4.47. The first-order valence-corrected chi connectivity index (χ1v) is 7.64. The summed E-state index contributed by atoms with van der Waals surface area (Å²) in [5.74, 6) is -0.315. The Morgan fingerprint density at radius 1 is 1.45 bits per heavy atom. The largest absolute Gasteiger partial charge is 0.396 e. The van der Waals surface area contributed by atoms with Gasteiger partial charge in [0.2, 0.25) is 0 Å². The number of alkyl halides is 3. The molecule has 1 aromatic rings. The van der Waals surface area contributed by atoms with Crippen LogP contribution in [0.3, 0.4) is 0 Å². The number of nitrogens with zero attached hydrogens (tertiary/aromatic N) is 2. The maximum atomic E-state index is 13.1. The molecule has 22 heavy (non-hydrogen) atoms. The summed E-state index contributed by atoms with van der Waals surface area (Å²) in [5, 5.41) is 12.7. The van der Waals surface area contributed by atoms with E-state index in [9.17, 15) is 23.1 Å². The second kappa shape index (κ2) is 6.04. The molecule has 0 spiro atoms. The van der Waals surface area contributed by atoms with E-state index in [1.165, 1.54) is 4.90 Å². The zero-order chi connectivity index (χ0) is 16.5. The third kappa shape index (κ3) is 2.79. The molecule has 1 aromatic heterocycles. The van der Waals surface area contributed by atoms with Crippen molar-refractivity contribution in [1.29, 1.82) is 0 Å². The summed E-state index contributed by atoms with van der Waals surface area (Å²) in [5.41, 5.74) is -1.12. The van der Waals surface area contributed by atoms with Crippen LogP contribution in [0.4, 0.5) is 18.2 Å². The van der Waals surface area contributed by atoms with Crippen molar-refractivity contribution in [2.75, 3.05) is 32.1 Å². The minimum Gasteiger partial charge on any atom is -0.395 e.